The summed E-state index contributed by atoms with van der Waals surface area (Å²) in [6.07, 6.45) is 3.59. The molecule has 0 amide bonds. The molecule has 0 aliphatic rings. The Morgan fingerprint density at radius 1 is 1.33 bits per heavy atom. The molecule has 0 aliphatic carbocycles. The standard InChI is InChI=1S/C10H7N3S2/c1-6-9(14-5-12-6)10-13-7-4-11-3-2-8(7)15-10/h2-5H,1H3. The van der Waals surface area contributed by atoms with Crippen molar-refractivity contribution in [2.24, 2.45) is 0 Å². The van der Waals surface area contributed by atoms with Gasteiger partial charge >= 0.3 is 0 Å². The number of thiazole rings is 2. The van der Waals surface area contributed by atoms with E-state index in [0.717, 1.165) is 21.1 Å². The summed E-state index contributed by atoms with van der Waals surface area (Å²) in [6.45, 7) is 2.01. The van der Waals surface area contributed by atoms with Gasteiger partial charge in [-0.2, -0.15) is 0 Å². The Hall–Kier alpha value is -1.33. The van der Waals surface area contributed by atoms with Crippen LogP contribution in [0.2, 0.25) is 0 Å². The quantitative estimate of drug-likeness (QED) is 0.648. The van der Waals surface area contributed by atoms with E-state index in [1.807, 2.05) is 18.5 Å². The van der Waals surface area contributed by atoms with Crippen LogP contribution < -0.4 is 0 Å². The van der Waals surface area contributed by atoms with Crippen molar-refractivity contribution in [1.82, 2.24) is 15.0 Å². The molecule has 3 heterocycles. The van der Waals surface area contributed by atoms with Crippen LogP contribution in [0, 0.1) is 6.92 Å². The minimum atomic E-state index is 0.963. The monoisotopic (exact) mass is 233 g/mol. The number of pyridine rings is 1. The van der Waals surface area contributed by atoms with Crippen LogP contribution in [0.1, 0.15) is 5.69 Å². The van der Waals surface area contributed by atoms with Gasteiger partial charge in [0.05, 0.1) is 27.0 Å². The van der Waals surface area contributed by atoms with Gasteiger partial charge in [0.15, 0.2) is 0 Å². The maximum absolute atomic E-state index is 4.54. The lowest BCUT2D eigenvalue weighted by Crippen LogP contribution is -1.75. The smallest absolute Gasteiger partial charge is 0.136 e. The van der Waals surface area contributed by atoms with E-state index in [4.69, 9.17) is 0 Å². The zero-order valence-corrected chi connectivity index (χ0v) is 9.60. The van der Waals surface area contributed by atoms with Gasteiger partial charge in [-0.3, -0.25) is 4.98 Å². The van der Waals surface area contributed by atoms with Gasteiger partial charge in [0, 0.05) is 6.20 Å². The average Bonchev–Trinajstić information content (AvgIpc) is 2.82. The lowest BCUT2D eigenvalue weighted by atomic mass is 10.4. The Balaban J connectivity index is 2.24. The minimum Gasteiger partial charge on any atom is -0.262 e. The van der Waals surface area contributed by atoms with Gasteiger partial charge in [-0.05, 0) is 13.0 Å². The molecule has 0 unspecified atom stereocenters. The summed E-state index contributed by atoms with van der Waals surface area (Å²) in [6, 6.07) is 1.99. The van der Waals surface area contributed by atoms with E-state index in [-0.39, 0.29) is 0 Å². The number of hydrogen-bond donors (Lipinski definition) is 0. The van der Waals surface area contributed by atoms with Crippen molar-refractivity contribution in [2.75, 3.05) is 0 Å². The van der Waals surface area contributed by atoms with Crippen LogP contribution in [-0.4, -0.2) is 15.0 Å². The van der Waals surface area contributed by atoms with E-state index < -0.39 is 0 Å². The number of fused-ring (bicyclic) bond motifs is 1. The summed E-state index contributed by atoms with van der Waals surface area (Å²) in [4.78, 5) is 14.0. The molecule has 0 aliphatic heterocycles. The second-order valence-electron chi connectivity index (χ2n) is 3.13. The van der Waals surface area contributed by atoms with Gasteiger partial charge in [0.1, 0.15) is 10.5 Å². The van der Waals surface area contributed by atoms with Crippen molar-refractivity contribution < 1.29 is 0 Å². The Kier molecular flexibility index (Phi) is 2.00. The molecular weight excluding hydrogens is 226 g/mol. The molecule has 0 bridgehead atoms. The number of aryl methyl sites for hydroxylation is 1. The summed E-state index contributed by atoms with van der Waals surface area (Å²) in [5.41, 5.74) is 3.87. The molecule has 0 atom stereocenters. The third kappa shape index (κ3) is 1.44. The molecule has 5 heteroatoms. The van der Waals surface area contributed by atoms with Crippen molar-refractivity contribution >= 4 is 32.9 Å². The van der Waals surface area contributed by atoms with Gasteiger partial charge in [-0.15, -0.1) is 22.7 Å². The lowest BCUT2D eigenvalue weighted by molar-refractivity contribution is 1.26. The van der Waals surface area contributed by atoms with E-state index in [2.05, 4.69) is 15.0 Å². The van der Waals surface area contributed by atoms with Crippen molar-refractivity contribution in [3.05, 3.63) is 29.7 Å². The molecule has 0 saturated carbocycles. The fraction of sp³-hybridized carbons (Fsp3) is 0.100. The average molecular weight is 233 g/mol. The van der Waals surface area contributed by atoms with Gasteiger partial charge in [-0.25, -0.2) is 9.97 Å². The third-order valence-electron chi connectivity index (χ3n) is 2.13. The maximum Gasteiger partial charge on any atom is 0.136 e. The topological polar surface area (TPSA) is 38.7 Å². The normalized spacial score (nSPS) is 11.0. The minimum absolute atomic E-state index is 0.963. The van der Waals surface area contributed by atoms with Gasteiger partial charge in [0.2, 0.25) is 0 Å². The van der Waals surface area contributed by atoms with Crippen LogP contribution in [0.25, 0.3) is 20.1 Å². The van der Waals surface area contributed by atoms with Crippen molar-refractivity contribution in [2.45, 2.75) is 6.92 Å². The molecule has 0 fully saturated rings. The van der Waals surface area contributed by atoms with Crippen LogP contribution in [-0.2, 0) is 0 Å². The number of aromatic nitrogens is 3. The predicted octanol–water partition coefficient (Wildman–Crippen LogP) is 3.12. The van der Waals surface area contributed by atoms with Crippen LogP contribution in [0.5, 0.6) is 0 Å². The molecule has 0 saturated heterocycles. The SMILES string of the molecule is Cc1ncsc1-c1nc2cnccc2s1. The van der Waals surface area contributed by atoms with E-state index in [9.17, 15) is 0 Å². The highest BCUT2D eigenvalue weighted by Crippen LogP contribution is 2.33. The largest absolute Gasteiger partial charge is 0.262 e. The van der Waals surface area contributed by atoms with E-state index in [0.29, 0.717) is 0 Å². The Bertz CT molecular complexity index is 579. The maximum atomic E-state index is 4.54. The molecule has 3 nitrogen and oxygen atoms in total. The zero-order chi connectivity index (χ0) is 10.3. The fourth-order valence-corrected chi connectivity index (χ4v) is 3.26. The van der Waals surface area contributed by atoms with E-state index in [1.165, 1.54) is 4.70 Å². The lowest BCUT2D eigenvalue weighted by Gasteiger charge is -1.88. The van der Waals surface area contributed by atoms with Crippen molar-refractivity contribution in [1.29, 1.82) is 0 Å². The summed E-state index contributed by atoms with van der Waals surface area (Å²) in [5, 5.41) is 1.04. The summed E-state index contributed by atoms with van der Waals surface area (Å²) >= 11 is 3.32. The van der Waals surface area contributed by atoms with Crippen molar-refractivity contribution in [3.63, 3.8) is 0 Å². The second kappa shape index (κ2) is 3.36. The molecular formula is C10H7N3S2. The van der Waals surface area contributed by atoms with Crippen LogP contribution in [0.3, 0.4) is 0 Å². The number of nitrogens with zero attached hydrogens (tertiary/aromatic N) is 3. The highest BCUT2D eigenvalue weighted by Gasteiger charge is 2.10. The van der Waals surface area contributed by atoms with Crippen molar-refractivity contribution in [3.8, 4) is 9.88 Å². The molecule has 3 rings (SSSR count). The first kappa shape index (κ1) is 8.94. The van der Waals surface area contributed by atoms with Crippen LogP contribution >= 0.6 is 22.7 Å². The Labute approximate surface area is 94.5 Å². The van der Waals surface area contributed by atoms with E-state index in [1.54, 1.807) is 35.1 Å². The molecule has 0 radical (unpaired) electrons. The zero-order valence-electron chi connectivity index (χ0n) is 7.97. The molecule has 15 heavy (non-hydrogen) atoms. The Morgan fingerprint density at radius 3 is 3.00 bits per heavy atom. The first-order chi connectivity index (χ1) is 7.34. The van der Waals surface area contributed by atoms with Gasteiger partial charge in [0.25, 0.3) is 0 Å². The molecule has 3 aromatic rings. The summed E-state index contributed by atoms with van der Waals surface area (Å²) in [5.74, 6) is 0. The first-order valence-electron chi connectivity index (χ1n) is 4.45. The van der Waals surface area contributed by atoms with Gasteiger partial charge < -0.3 is 0 Å². The van der Waals surface area contributed by atoms with Crippen LogP contribution in [0.15, 0.2) is 24.0 Å². The van der Waals surface area contributed by atoms with E-state index >= 15 is 0 Å². The van der Waals surface area contributed by atoms with Crippen LogP contribution in [0.4, 0.5) is 0 Å². The molecule has 3 aromatic heterocycles. The Morgan fingerprint density at radius 2 is 2.27 bits per heavy atom. The third-order valence-corrected chi connectivity index (χ3v) is 4.25. The van der Waals surface area contributed by atoms with Gasteiger partial charge in [-0.1, -0.05) is 0 Å². The summed E-state index contributed by atoms with van der Waals surface area (Å²) < 4.78 is 1.17. The second-order valence-corrected chi connectivity index (χ2v) is 5.01. The molecule has 0 spiro atoms. The first-order valence-corrected chi connectivity index (χ1v) is 6.15. The highest BCUT2D eigenvalue weighted by atomic mass is 32.1. The predicted molar refractivity (Wildman–Crippen MR) is 63.3 cm³/mol. The highest BCUT2D eigenvalue weighted by molar-refractivity contribution is 7.25. The molecule has 74 valence electrons. The summed E-state index contributed by atoms with van der Waals surface area (Å²) in [7, 11) is 0. The number of rotatable bonds is 1. The number of hydrogen-bond acceptors (Lipinski definition) is 5. The molecule has 0 N–H and O–H groups in total. The molecule has 0 aromatic carbocycles. The fourth-order valence-electron chi connectivity index (χ4n) is 1.38.